The monoisotopic (exact) mass is 217 g/mol. The molecule has 8 heteroatoms. The Morgan fingerprint density at radius 2 is 2.27 bits per heavy atom. The maximum Gasteiger partial charge on any atom is 0.318 e. The zero-order chi connectivity index (χ0) is 11.4. The van der Waals surface area contributed by atoms with Gasteiger partial charge in [0, 0.05) is 6.07 Å². The van der Waals surface area contributed by atoms with Crippen LogP contribution >= 0.6 is 0 Å². The van der Waals surface area contributed by atoms with Crippen LogP contribution < -0.4 is 15.8 Å². The van der Waals surface area contributed by atoms with E-state index < -0.39 is 10.9 Å². The molecule has 0 aromatic heterocycles. The molecule has 0 amide bonds. The molecule has 0 saturated heterocycles. The van der Waals surface area contributed by atoms with Crippen molar-refractivity contribution in [1.82, 2.24) is 0 Å². The van der Waals surface area contributed by atoms with Gasteiger partial charge in [0.1, 0.15) is 0 Å². The van der Waals surface area contributed by atoms with E-state index in [-0.39, 0.29) is 11.4 Å². The summed E-state index contributed by atoms with van der Waals surface area (Å²) in [5.74, 6) is 4.47. The topological polar surface area (TPSA) is 90.9 Å². The first kappa shape index (κ1) is 11.0. The molecule has 82 valence electrons. The summed E-state index contributed by atoms with van der Waals surface area (Å²) in [7, 11) is 1.26. The van der Waals surface area contributed by atoms with Gasteiger partial charge in [0.15, 0.2) is 11.6 Å². The van der Waals surface area contributed by atoms with E-state index in [1.54, 1.807) is 0 Å². The Labute approximate surface area is 83.8 Å². The largest absolute Gasteiger partial charge is 0.494 e. The highest BCUT2D eigenvalue weighted by Gasteiger charge is 2.10. The summed E-state index contributed by atoms with van der Waals surface area (Å²) in [5, 5.41) is 9.26. The summed E-state index contributed by atoms with van der Waals surface area (Å²) in [6, 6.07) is 3.43. The van der Waals surface area contributed by atoms with Crippen molar-refractivity contribution < 1.29 is 19.2 Å². The van der Waals surface area contributed by atoms with Crippen molar-refractivity contribution in [3.8, 4) is 5.75 Å². The van der Waals surface area contributed by atoms with Gasteiger partial charge >= 0.3 is 5.09 Å². The quantitative estimate of drug-likeness (QED) is 0.452. The van der Waals surface area contributed by atoms with Crippen molar-refractivity contribution in [2.45, 2.75) is 0 Å². The van der Waals surface area contributed by atoms with E-state index in [1.165, 1.54) is 19.2 Å². The fourth-order valence-corrected chi connectivity index (χ4v) is 0.905. The Kier molecular flexibility index (Phi) is 3.24. The molecule has 0 aliphatic carbocycles. The predicted octanol–water partition coefficient (Wildman–Crippen LogP) is 0.638. The lowest BCUT2D eigenvalue weighted by molar-refractivity contribution is -0.762. The number of anilines is 1. The fraction of sp³-hybridized carbons (Fsp3) is 0.143. The Bertz CT molecular complexity index is 373. The number of nitrogens with zero attached hydrogens (tertiary/aromatic N) is 2. The summed E-state index contributed by atoms with van der Waals surface area (Å²) in [6.45, 7) is 0. The van der Waals surface area contributed by atoms with Gasteiger partial charge in [0.05, 0.1) is 12.8 Å². The number of nitrogens with two attached hydrogens (primary N) is 1. The normalized spacial score (nSPS) is 9.53. The zero-order valence-corrected chi connectivity index (χ0v) is 7.71. The average molecular weight is 217 g/mol. The molecule has 0 aliphatic rings. The number of ether oxygens (including phenoxy) is 1. The second kappa shape index (κ2) is 4.42. The van der Waals surface area contributed by atoms with Crippen molar-refractivity contribution in [2.75, 3.05) is 12.3 Å². The highest BCUT2D eigenvalue weighted by atomic mass is 19.1. The van der Waals surface area contributed by atoms with Crippen molar-refractivity contribution in [3.63, 3.8) is 0 Å². The third-order valence-corrected chi connectivity index (χ3v) is 1.54. The minimum Gasteiger partial charge on any atom is -0.494 e. The number of hydrazine groups is 1. The smallest absolute Gasteiger partial charge is 0.318 e. The van der Waals surface area contributed by atoms with Crippen LogP contribution in [-0.4, -0.2) is 12.2 Å². The van der Waals surface area contributed by atoms with Crippen LogP contribution in [0.1, 0.15) is 0 Å². The third-order valence-electron chi connectivity index (χ3n) is 1.54. The Morgan fingerprint density at radius 3 is 2.80 bits per heavy atom. The molecule has 0 radical (unpaired) electrons. The molecule has 0 aliphatic heterocycles. The van der Waals surface area contributed by atoms with E-state index in [9.17, 15) is 14.5 Å². The molecule has 2 N–H and O–H groups in total. The summed E-state index contributed by atoms with van der Waals surface area (Å²) >= 11 is 0. The van der Waals surface area contributed by atoms with Crippen LogP contribution in [0.3, 0.4) is 0 Å². The summed E-state index contributed by atoms with van der Waals surface area (Å²) < 4.78 is 17.6. The molecular formula is C7H8FN3O4. The molecule has 1 rings (SSSR count). The molecule has 0 fully saturated rings. The SMILES string of the molecule is COc1cc(N(N)O[N+](=O)[O-])ccc1F. The molecule has 1 aromatic rings. The Morgan fingerprint density at radius 1 is 1.60 bits per heavy atom. The summed E-state index contributed by atoms with van der Waals surface area (Å²) in [5.41, 5.74) is 0.0879. The van der Waals surface area contributed by atoms with E-state index in [4.69, 9.17) is 5.84 Å². The van der Waals surface area contributed by atoms with Gasteiger partial charge in [-0.2, -0.15) is 4.94 Å². The van der Waals surface area contributed by atoms with Gasteiger partial charge in [-0.25, -0.2) is 10.2 Å². The molecule has 0 atom stereocenters. The second-order valence-corrected chi connectivity index (χ2v) is 2.45. The standard InChI is InChI=1S/C7H8FN3O4/c1-14-7-4-5(2-3-6(7)8)10(9)15-11(12)13/h2-4H,9H2,1H3. The lowest BCUT2D eigenvalue weighted by atomic mass is 10.3. The van der Waals surface area contributed by atoms with Crippen molar-refractivity contribution >= 4 is 5.69 Å². The zero-order valence-electron chi connectivity index (χ0n) is 7.71. The average Bonchev–Trinajstić information content (AvgIpc) is 2.17. The predicted molar refractivity (Wildman–Crippen MR) is 47.7 cm³/mol. The van der Waals surface area contributed by atoms with Gasteiger partial charge < -0.3 is 4.74 Å². The van der Waals surface area contributed by atoms with Gasteiger partial charge in [0.25, 0.3) is 0 Å². The molecule has 0 spiro atoms. The van der Waals surface area contributed by atoms with Gasteiger partial charge in [-0.15, -0.1) is 15.3 Å². The van der Waals surface area contributed by atoms with Crippen molar-refractivity contribution in [2.24, 2.45) is 5.84 Å². The third kappa shape index (κ3) is 2.68. The molecule has 0 heterocycles. The van der Waals surface area contributed by atoms with Crippen molar-refractivity contribution in [1.29, 1.82) is 0 Å². The van der Waals surface area contributed by atoms with Gasteiger partial charge in [-0.05, 0) is 12.1 Å². The van der Waals surface area contributed by atoms with Crippen LogP contribution in [-0.2, 0) is 4.94 Å². The van der Waals surface area contributed by atoms with E-state index >= 15 is 0 Å². The van der Waals surface area contributed by atoms with E-state index in [0.717, 1.165) is 6.07 Å². The number of hydrogen-bond acceptors (Lipinski definition) is 6. The fourth-order valence-electron chi connectivity index (χ4n) is 0.905. The maximum absolute atomic E-state index is 12.9. The first-order valence-electron chi connectivity index (χ1n) is 3.75. The van der Waals surface area contributed by atoms with Crippen LogP contribution in [0.15, 0.2) is 18.2 Å². The Balaban J connectivity index is 2.90. The first-order chi connectivity index (χ1) is 7.04. The highest BCUT2D eigenvalue weighted by molar-refractivity contribution is 5.48. The lowest BCUT2D eigenvalue weighted by Gasteiger charge is -2.14. The van der Waals surface area contributed by atoms with Gasteiger partial charge in [-0.1, -0.05) is 0 Å². The molecule has 7 nitrogen and oxygen atoms in total. The minimum absolute atomic E-state index is 0.0879. The Hall–Kier alpha value is -2.09. The number of hydrogen-bond donors (Lipinski definition) is 1. The van der Waals surface area contributed by atoms with Gasteiger partial charge in [-0.3, -0.25) is 0 Å². The summed E-state index contributed by atoms with van der Waals surface area (Å²) in [4.78, 5) is 13.9. The van der Waals surface area contributed by atoms with Crippen LogP contribution in [0.4, 0.5) is 10.1 Å². The highest BCUT2D eigenvalue weighted by Crippen LogP contribution is 2.22. The van der Waals surface area contributed by atoms with Crippen LogP contribution in [0, 0.1) is 15.9 Å². The first-order valence-corrected chi connectivity index (χ1v) is 3.75. The number of methoxy groups -OCH3 is 1. The summed E-state index contributed by atoms with van der Waals surface area (Å²) in [6.07, 6.45) is 0. The van der Waals surface area contributed by atoms with E-state index in [1.807, 2.05) is 0 Å². The molecule has 0 bridgehead atoms. The number of halogens is 1. The van der Waals surface area contributed by atoms with Crippen LogP contribution in [0.2, 0.25) is 0 Å². The molecular weight excluding hydrogens is 209 g/mol. The minimum atomic E-state index is -1.09. The van der Waals surface area contributed by atoms with Crippen LogP contribution in [0.5, 0.6) is 5.75 Å². The van der Waals surface area contributed by atoms with Gasteiger partial charge in [0.2, 0.25) is 0 Å². The molecule has 0 saturated carbocycles. The van der Waals surface area contributed by atoms with Crippen molar-refractivity contribution in [3.05, 3.63) is 34.1 Å². The molecule has 0 unspecified atom stereocenters. The van der Waals surface area contributed by atoms with E-state index in [0.29, 0.717) is 5.17 Å². The van der Waals surface area contributed by atoms with E-state index in [2.05, 4.69) is 9.68 Å². The second-order valence-electron chi connectivity index (χ2n) is 2.45. The number of rotatable bonds is 4. The lowest BCUT2D eigenvalue weighted by Crippen LogP contribution is -2.33. The molecule has 15 heavy (non-hydrogen) atoms. The maximum atomic E-state index is 12.9. The molecule has 1 aromatic carbocycles. The van der Waals surface area contributed by atoms with Crippen LogP contribution in [0.25, 0.3) is 0 Å². The number of benzene rings is 1.